The summed E-state index contributed by atoms with van der Waals surface area (Å²) >= 11 is 0. The molecule has 8 aromatic rings. The van der Waals surface area contributed by atoms with Crippen LogP contribution in [-0.4, -0.2) is 4.98 Å². The molecule has 0 bridgehead atoms. The van der Waals surface area contributed by atoms with E-state index in [2.05, 4.69) is 133 Å². The first-order valence-corrected chi connectivity index (χ1v) is 14.4. The molecule has 0 fully saturated rings. The standard InChI is InChI=1S/C40H25NO/c1-3-13-27(14-4-1)40(28-15-5-2-6-16-28)33-20-10-7-17-29(33)30-24-23-26(25-34(30)40)37-31-18-8-11-21-35(31)41-39-38(37)32-19-9-12-22-36(32)42-39/h1-25H. The monoisotopic (exact) mass is 535 g/mol. The molecule has 2 aromatic heterocycles. The highest BCUT2D eigenvalue weighted by molar-refractivity contribution is 6.18. The quantitative estimate of drug-likeness (QED) is 0.225. The first-order chi connectivity index (χ1) is 20.8. The maximum Gasteiger partial charge on any atom is 0.228 e. The predicted octanol–water partition coefficient (Wildman–Crippen LogP) is 10.2. The molecule has 0 amide bonds. The maximum absolute atomic E-state index is 6.33. The number of furan rings is 1. The van der Waals surface area contributed by atoms with Crippen molar-refractivity contribution in [2.45, 2.75) is 5.41 Å². The van der Waals surface area contributed by atoms with Gasteiger partial charge in [0.15, 0.2) is 0 Å². The van der Waals surface area contributed by atoms with Crippen molar-refractivity contribution >= 4 is 33.0 Å². The van der Waals surface area contributed by atoms with Gasteiger partial charge in [-0.2, -0.15) is 0 Å². The molecule has 0 radical (unpaired) electrons. The van der Waals surface area contributed by atoms with Gasteiger partial charge >= 0.3 is 0 Å². The molecule has 0 spiro atoms. The molecule has 1 aliphatic carbocycles. The summed E-state index contributed by atoms with van der Waals surface area (Å²) in [5.74, 6) is 0. The molecule has 0 saturated heterocycles. The van der Waals surface area contributed by atoms with E-state index in [0.29, 0.717) is 5.71 Å². The van der Waals surface area contributed by atoms with Crippen LogP contribution in [0.15, 0.2) is 156 Å². The van der Waals surface area contributed by atoms with Crippen LogP contribution in [0.5, 0.6) is 0 Å². The van der Waals surface area contributed by atoms with Crippen LogP contribution in [-0.2, 0) is 5.41 Å². The number of rotatable bonds is 3. The van der Waals surface area contributed by atoms with Gasteiger partial charge in [0.25, 0.3) is 0 Å². The third-order valence-electron chi connectivity index (χ3n) is 8.97. The molecule has 9 rings (SSSR count). The zero-order chi connectivity index (χ0) is 27.7. The van der Waals surface area contributed by atoms with E-state index in [0.717, 1.165) is 38.4 Å². The lowest BCUT2D eigenvalue weighted by Crippen LogP contribution is -2.28. The lowest BCUT2D eigenvalue weighted by Gasteiger charge is -2.34. The van der Waals surface area contributed by atoms with Gasteiger partial charge in [-0.3, -0.25) is 0 Å². The Hall–Kier alpha value is -5.47. The first-order valence-electron chi connectivity index (χ1n) is 14.4. The second-order valence-electron chi connectivity index (χ2n) is 11.1. The van der Waals surface area contributed by atoms with Crippen LogP contribution < -0.4 is 0 Å². The van der Waals surface area contributed by atoms with E-state index in [1.54, 1.807) is 0 Å². The Morgan fingerprint density at radius 1 is 0.500 bits per heavy atom. The van der Waals surface area contributed by atoms with E-state index in [1.165, 1.54) is 33.4 Å². The van der Waals surface area contributed by atoms with Gasteiger partial charge in [-0.15, -0.1) is 0 Å². The summed E-state index contributed by atoms with van der Waals surface area (Å²) in [7, 11) is 0. The van der Waals surface area contributed by atoms with Crippen LogP contribution in [0.25, 0.3) is 55.2 Å². The van der Waals surface area contributed by atoms with Gasteiger partial charge in [0.05, 0.1) is 16.3 Å². The summed E-state index contributed by atoms with van der Waals surface area (Å²) < 4.78 is 6.33. The van der Waals surface area contributed by atoms with E-state index in [9.17, 15) is 0 Å². The number of hydrogen-bond donors (Lipinski definition) is 0. The van der Waals surface area contributed by atoms with Crippen LogP contribution in [0, 0.1) is 0 Å². The maximum atomic E-state index is 6.33. The third kappa shape index (κ3) is 3.07. The molecule has 1 aliphatic rings. The summed E-state index contributed by atoms with van der Waals surface area (Å²) in [6.07, 6.45) is 0. The van der Waals surface area contributed by atoms with E-state index in [1.807, 2.05) is 18.2 Å². The molecule has 2 nitrogen and oxygen atoms in total. The Morgan fingerprint density at radius 3 is 1.90 bits per heavy atom. The number of aromatic nitrogens is 1. The fourth-order valence-corrected chi connectivity index (χ4v) is 7.28. The van der Waals surface area contributed by atoms with Crippen LogP contribution in [0.2, 0.25) is 0 Å². The smallest absolute Gasteiger partial charge is 0.228 e. The summed E-state index contributed by atoms with van der Waals surface area (Å²) in [5.41, 5.74) is 12.0. The van der Waals surface area contributed by atoms with E-state index in [4.69, 9.17) is 9.40 Å². The van der Waals surface area contributed by atoms with E-state index >= 15 is 0 Å². The summed E-state index contributed by atoms with van der Waals surface area (Å²) in [5, 5.41) is 3.27. The van der Waals surface area contributed by atoms with Crippen molar-refractivity contribution in [1.29, 1.82) is 0 Å². The number of para-hydroxylation sites is 2. The largest absolute Gasteiger partial charge is 0.438 e. The first kappa shape index (κ1) is 23.3. The third-order valence-corrected chi connectivity index (χ3v) is 8.97. The van der Waals surface area contributed by atoms with Crippen molar-refractivity contribution in [3.8, 4) is 22.3 Å². The van der Waals surface area contributed by atoms with E-state index < -0.39 is 5.41 Å². The molecule has 2 heterocycles. The lowest BCUT2D eigenvalue weighted by molar-refractivity contribution is 0.656. The molecule has 196 valence electrons. The van der Waals surface area contributed by atoms with Crippen molar-refractivity contribution in [3.63, 3.8) is 0 Å². The van der Waals surface area contributed by atoms with Crippen molar-refractivity contribution in [2.75, 3.05) is 0 Å². The second-order valence-corrected chi connectivity index (χ2v) is 11.1. The Labute approximate surface area is 243 Å². The van der Waals surface area contributed by atoms with Gasteiger partial charge in [-0.1, -0.05) is 133 Å². The van der Waals surface area contributed by atoms with Crippen LogP contribution in [0.4, 0.5) is 0 Å². The Bertz CT molecular complexity index is 2260. The minimum Gasteiger partial charge on any atom is -0.438 e. The highest BCUT2D eigenvalue weighted by Gasteiger charge is 2.46. The average Bonchev–Trinajstić information content (AvgIpc) is 3.57. The van der Waals surface area contributed by atoms with Gasteiger partial charge in [0.2, 0.25) is 5.71 Å². The van der Waals surface area contributed by atoms with Crippen molar-refractivity contribution in [1.82, 2.24) is 4.98 Å². The predicted molar refractivity (Wildman–Crippen MR) is 172 cm³/mol. The number of nitrogens with zero attached hydrogens (tertiary/aromatic N) is 1. The average molecular weight is 536 g/mol. The number of fused-ring (bicyclic) bond motifs is 7. The van der Waals surface area contributed by atoms with Crippen LogP contribution in [0.1, 0.15) is 22.3 Å². The number of benzene rings is 6. The SMILES string of the molecule is c1ccc(C2(c3ccccc3)c3ccccc3-c3ccc(-c4c5ccccc5nc5oc6ccccc6c45)cc32)cc1. The molecule has 0 N–H and O–H groups in total. The van der Waals surface area contributed by atoms with Gasteiger partial charge in [0, 0.05) is 16.3 Å². The molecular formula is C40H25NO. The van der Waals surface area contributed by atoms with E-state index in [-0.39, 0.29) is 0 Å². The minimum atomic E-state index is -0.454. The fourth-order valence-electron chi connectivity index (χ4n) is 7.28. The number of hydrogen-bond acceptors (Lipinski definition) is 2. The van der Waals surface area contributed by atoms with Gasteiger partial charge in [-0.05, 0) is 57.1 Å². The van der Waals surface area contributed by atoms with Gasteiger partial charge in [0.1, 0.15) is 5.58 Å². The molecule has 0 atom stereocenters. The zero-order valence-corrected chi connectivity index (χ0v) is 22.8. The van der Waals surface area contributed by atoms with Gasteiger partial charge < -0.3 is 4.42 Å². The summed E-state index contributed by atoms with van der Waals surface area (Å²) in [4.78, 5) is 4.96. The molecular weight excluding hydrogens is 510 g/mol. The van der Waals surface area contributed by atoms with Gasteiger partial charge in [-0.25, -0.2) is 4.98 Å². The Kier molecular flexibility index (Phi) is 4.85. The topological polar surface area (TPSA) is 26.0 Å². The second kappa shape index (κ2) is 8.76. The zero-order valence-electron chi connectivity index (χ0n) is 22.8. The lowest BCUT2D eigenvalue weighted by atomic mass is 9.67. The highest BCUT2D eigenvalue weighted by Crippen LogP contribution is 2.57. The molecule has 0 aliphatic heterocycles. The number of pyridine rings is 1. The summed E-state index contributed by atoms with van der Waals surface area (Å²) in [6, 6.07) is 54.5. The minimum absolute atomic E-state index is 0.454. The van der Waals surface area contributed by atoms with Crippen molar-refractivity contribution in [2.24, 2.45) is 0 Å². The highest BCUT2D eigenvalue weighted by atomic mass is 16.3. The molecule has 0 saturated carbocycles. The normalized spacial score (nSPS) is 13.4. The van der Waals surface area contributed by atoms with Crippen molar-refractivity contribution in [3.05, 3.63) is 174 Å². The van der Waals surface area contributed by atoms with Crippen LogP contribution in [0.3, 0.4) is 0 Å². The molecule has 2 heteroatoms. The Balaban J connectivity index is 1.44. The van der Waals surface area contributed by atoms with Crippen LogP contribution >= 0.6 is 0 Å². The fraction of sp³-hybridized carbons (Fsp3) is 0.0250. The van der Waals surface area contributed by atoms with Crippen molar-refractivity contribution < 1.29 is 4.42 Å². The Morgan fingerprint density at radius 2 is 1.12 bits per heavy atom. The molecule has 0 unspecified atom stereocenters. The molecule has 42 heavy (non-hydrogen) atoms. The molecule has 6 aromatic carbocycles. The summed E-state index contributed by atoms with van der Waals surface area (Å²) in [6.45, 7) is 0.